The van der Waals surface area contributed by atoms with Gasteiger partial charge in [-0.25, -0.2) is 0 Å². The lowest BCUT2D eigenvalue weighted by atomic mass is 9.59. The van der Waals surface area contributed by atoms with Gasteiger partial charge in [0.1, 0.15) is 5.92 Å². The third-order valence-electron chi connectivity index (χ3n) is 5.86. The number of piperidine rings is 1. The van der Waals surface area contributed by atoms with Crippen LogP contribution in [0.25, 0.3) is 0 Å². The van der Waals surface area contributed by atoms with E-state index in [4.69, 9.17) is 9.47 Å². The van der Waals surface area contributed by atoms with Gasteiger partial charge in [0.25, 0.3) is 0 Å². The van der Waals surface area contributed by atoms with E-state index in [1.165, 1.54) is 14.2 Å². The standard InChI is InChI=1S/C24H24N2O5/c1-14-5-9-16(10-6-14)19-18(22(28)30-3)21(27)26-20(17-11-7-15(2)8-12-17)24(19,13-25)23(29)31-4/h5-12,18-20H,1-4H3,(H,26,27). The Hall–Kier alpha value is -3.66. The summed E-state index contributed by atoms with van der Waals surface area (Å²) in [4.78, 5) is 39.1. The summed E-state index contributed by atoms with van der Waals surface area (Å²) in [5, 5.41) is 13.1. The molecule has 0 bridgehead atoms. The highest BCUT2D eigenvalue weighted by Gasteiger charge is 2.64. The van der Waals surface area contributed by atoms with Crippen LogP contribution in [-0.2, 0) is 23.9 Å². The smallest absolute Gasteiger partial charge is 0.329 e. The van der Waals surface area contributed by atoms with Crippen molar-refractivity contribution < 1.29 is 23.9 Å². The van der Waals surface area contributed by atoms with Crippen molar-refractivity contribution >= 4 is 17.8 Å². The maximum atomic E-state index is 13.2. The molecule has 1 saturated heterocycles. The molecule has 2 aromatic rings. The maximum absolute atomic E-state index is 13.2. The van der Waals surface area contributed by atoms with Gasteiger partial charge in [0.15, 0.2) is 5.41 Å². The Balaban J connectivity index is 2.33. The molecule has 31 heavy (non-hydrogen) atoms. The normalized spacial score (nSPS) is 25.1. The van der Waals surface area contributed by atoms with Crippen molar-refractivity contribution in [3.63, 3.8) is 0 Å². The Kier molecular flexibility index (Phi) is 6.11. The number of carbonyl (C=O) groups is 3. The predicted molar refractivity (Wildman–Crippen MR) is 112 cm³/mol. The Morgan fingerprint density at radius 3 is 1.90 bits per heavy atom. The second-order valence-electron chi connectivity index (χ2n) is 7.71. The molecule has 7 heteroatoms. The highest BCUT2D eigenvalue weighted by Crippen LogP contribution is 2.53. The molecule has 160 valence electrons. The van der Waals surface area contributed by atoms with E-state index in [-0.39, 0.29) is 0 Å². The SMILES string of the molecule is COC(=O)C1C(=O)NC(c2ccc(C)cc2)C(C#N)(C(=O)OC)C1c1ccc(C)cc1. The zero-order valence-electron chi connectivity index (χ0n) is 17.8. The minimum absolute atomic E-state index is 0.500. The molecule has 7 nitrogen and oxygen atoms in total. The molecular formula is C24H24N2O5. The van der Waals surface area contributed by atoms with Gasteiger partial charge >= 0.3 is 11.9 Å². The number of nitriles is 1. The summed E-state index contributed by atoms with van der Waals surface area (Å²) in [6.45, 7) is 3.80. The van der Waals surface area contributed by atoms with Gasteiger partial charge in [0.05, 0.1) is 26.3 Å². The molecule has 1 aliphatic rings. The molecule has 3 rings (SSSR count). The molecule has 1 amide bonds. The zero-order valence-corrected chi connectivity index (χ0v) is 17.8. The van der Waals surface area contributed by atoms with Crippen LogP contribution in [0.1, 0.15) is 34.2 Å². The van der Waals surface area contributed by atoms with Crippen LogP contribution in [0.2, 0.25) is 0 Å². The van der Waals surface area contributed by atoms with E-state index in [0.29, 0.717) is 11.1 Å². The molecular weight excluding hydrogens is 396 g/mol. The molecule has 2 aromatic carbocycles. The summed E-state index contributed by atoms with van der Waals surface area (Å²) in [7, 11) is 2.35. The molecule has 0 aromatic heterocycles. The van der Waals surface area contributed by atoms with Crippen LogP contribution < -0.4 is 5.32 Å². The second kappa shape index (κ2) is 8.60. The van der Waals surface area contributed by atoms with Gasteiger partial charge in [-0.05, 0) is 25.0 Å². The van der Waals surface area contributed by atoms with Crippen molar-refractivity contribution in [1.82, 2.24) is 5.32 Å². The first kappa shape index (κ1) is 22.0. The van der Waals surface area contributed by atoms with Crippen LogP contribution in [0, 0.1) is 36.5 Å². The number of carbonyl (C=O) groups excluding carboxylic acids is 3. The topological polar surface area (TPSA) is 105 Å². The van der Waals surface area contributed by atoms with Crippen LogP contribution in [-0.4, -0.2) is 32.1 Å². The second-order valence-corrected chi connectivity index (χ2v) is 7.71. The highest BCUT2D eigenvalue weighted by atomic mass is 16.5. The average molecular weight is 420 g/mol. The third-order valence-corrected chi connectivity index (χ3v) is 5.86. The summed E-state index contributed by atoms with van der Waals surface area (Å²) in [6.07, 6.45) is 0. The summed E-state index contributed by atoms with van der Waals surface area (Å²) < 4.78 is 9.95. The van der Waals surface area contributed by atoms with E-state index in [1.807, 2.05) is 26.0 Å². The fourth-order valence-corrected chi connectivity index (χ4v) is 4.24. The number of nitrogens with one attached hydrogen (secondary N) is 1. The van der Waals surface area contributed by atoms with Crippen molar-refractivity contribution in [1.29, 1.82) is 5.26 Å². The predicted octanol–water partition coefficient (Wildman–Crippen LogP) is 2.73. The average Bonchev–Trinajstić information content (AvgIpc) is 2.78. The number of methoxy groups -OCH3 is 2. The van der Waals surface area contributed by atoms with Crippen molar-refractivity contribution in [3.05, 3.63) is 70.8 Å². The number of amides is 1. The maximum Gasteiger partial charge on any atom is 0.329 e. The van der Waals surface area contributed by atoms with E-state index in [0.717, 1.165) is 11.1 Å². The van der Waals surface area contributed by atoms with Gasteiger partial charge in [-0.15, -0.1) is 0 Å². The van der Waals surface area contributed by atoms with Crippen molar-refractivity contribution in [3.8, 4) is 6.07 Å². The Labute approximate surface area is 181 Å². The molecule has 1 N–H and O–H groups in total. The van der Waals surface area contributed by atoms with Crippen molar-refractivity contribution in [2.45, 2.75) is 25.8 Å². The number of ether oxygens (including phenoxy) is 2. The van der Waals surface area contributed by atoms with Gasteiger partial charge in [-0.2, -0.15) is 5.26 Å². The highest BCUT2D eigenvalue weighted by molar-refractivity contribution is 6.02. The summed E-state index contributed by atoms with van der Waals surface area (Å²) >= 11 is 0. The first-order valence-electron chi connectivity index (χ1n) is 9.81. The molecule has 4 unspecified atom stereocenters. The first-order chi connectivity index (χ1) is 14.8. The molecule has 1 heterocycles. The summed E-state index contributed by atoms with van der Waals surface area (Å²) in [6, 6.07) is 15.3. The molecule has 1 aliphatic heterocycles. The van der Waals surface area contributed by atoms with E-state index in [1.54, 1.807) is 36.4 Å². The van der Waals surface area contributed by atoms with Crippen LogP contribution in [0.4, 0.5) is 0 Å². The van der Waals surface area contributed by atoms with Crippen molar-refractivity contribution in [2.24, 2.45) is 11.3 Å². The fourth-order valence-electron chi connectivity index (χ4n) is 4.24. The van der Waals surface area contributed by atoms with E-state index in [9.17, 15) is 19.6 Å². The van der Waals surface area contributed by atoms with Gasteiger partial charge in [-0.1, -0.05) is 59.7 Å². The number of benzene rings is 2. The molecule has 0 saturated carbocycles. The number of aryl methyl sites for hydroxylation is 2. The van der Waals surface area contributed by atoms with Crippen LogP contribution >= 0.6 is 0 Å². The zero-order chi connectivity index (χ0) is 22.8. The van der Waals surface area contributed by atoms with Gasteiger partial charge in [0.2, 0.25) is 5.91 Å². The molecule has 1 fully saturated rings. The molecule has 0 radical (unpaired) electrons. The lowest BCUT2D eigenvalue weighted by molar-refractivity contribution is -0.164. The minimum atomic E-state index is -1.90. The number of rotatable bonds is 4. The summed E-state index contributed by atoms with van der Waals surface area (Å²) in [5.41, 5.74) is 1.10. The Bertz CT molecular complexity index is 1040. The Morgan fingerprint density at radius 1 is 0.935 bits per heavy atom. The van der Waals surface area contributed by atoms with E-state index < -0.39 is 41.1 Å². The molecule has 4 atom stereocenters. The van der Waals surface area contributed by atoms with E-state index in [2.05, 4.69) is 11.4 Å². The van der Waals surface area contributed by atoms with Crippen LogP contribution in [0.5, 0.6) is 0 Å². The lowest BCUT2D eigenvalue weighted by Gasteiger charge is -2.46. The number of hydrogen-bond acceptors (Lipinski definition) is 6. The third kappa shape index (κ3) is 3.66. The molecule has 0 spiro atoms. The largest absolute Gasteiger partial charge is 0.468 e. The fraction of sp³-hybridized carbons (Fsp3) is 0.333. The van der Waals surface area contributed by atoms with Crippen LogP contribution in [0.3, 0.4) is 0 Å². The quantitative estimate of drug-likeness (QED) is 0.602. The van der Waals surface area contributed by atoms with Crippen molar-refractivity contribution in [2.75, 3.05) is 14.2 Å². The number of nitrogens with zero attached hydrogens (tertiary/aromatic N) is 1. The monoisotopic (exact) mass is 420 g/mol. The van der Waals surface area contributed by atoms with Crippen LogP contribution in [0.15, 0.2) is 48.5 Å². The first-order valence-corrected chi connectivity index (χ1v) is 9.81. The number of hydrogen-bond donors (Lipinski definition) is 1. The lowest BCUT2D eigenvalue weighted by Crippen LogP contribution is -2.60. The Morgan fingerprint density at radius 2 is 1.45 bits per heavy atom. The number of esters is 2. The van der Waals surface area contributed by atoms with Gasteiger partial charge in [0, 0.05) is 5.92 Å². The molecule has 0 aliphatic carbocycles. The van der Waals surface area contributed by atoms with Gasteiger partial charge < -0.3 is 14.8 Å². The minimum Gasteiger partial charge on any atom is -0.468 e. The summed E-state index contributed by atoms with van der Waals surface area (Å²) in [5.74, 6) is -4.78. The van der Waals surface area contributed by atoms with Gasteiger partial charge in [-0.3, -0.25) is 14.4 Å². The van der Waals surface area contributed by atoms with E-state index >= 15 is 0 Å².